The minimum absolute atomic E-state index is 0.0934. The van der Waals surface area contributed by atoms with Crippen LogP contribution in [0.2, 0.25) is 0 Å². The molecular formula is C16H24N4O2S. The first-order valence-corrected chi connectivity index (χ1v) is 9.09. The van der Waals surface area contributed by atoms with Crippen molar-refractivity contribution in [2.75, 3.05) is 0 Å². The van der Waals surface area contributed by atoms with Crippen molar-refractivity contribution >= 4 is 10.0 Å². The number of nitrogens with zero attached hydrogens (tertiary/aromatic N) is 3. The van der Waals surface area contributed by atoms with Crippen LogP contribution in [0.3, 0.4) is 0 Å². The number of aromatic nitrogens is 3. The van der Waals surface area contributed by atoms with Crippen LogP contribution in [0.4, 0.5) is 0 Å². The van der Waals surface area contributed by atoms with E-state index in [1.807, 2.05) is 40.7 Å². The van der Waals surface area contributed by atoms with E-state index in [1.54, 1.807) is 29.2 Å². The van der Waals surface area contributed by atoms with Crippen LogP contribution >= 0.6 is 0 Å². The molecule has 126 valence electrons. The van der Waals surface area contributed by atoms with Crippen molar-refractivity contribution in [2.24, 2.45) is 0 Å². The first-order valence-electron chi connectivity index (χ1n) is 7.60. The van der Waals surface area contributed by atoms with Crippen molar-refractivity contribution in [1.82, 2.24) is 19.5 Å². The van der Waals surface area contributed by atoms with Gasteiger partial charge in [0, 0.05) is 23.9 Å². The number of hydrogen-bond donors (Lipinski definition) is 1. The third kappa shape index (κ3) is 4.17. The predicted molar refractivity (Wildman–Crippen MR) is 89.6 cm³/mol. The van der Waals surface area contributed by atoms with Crippen LogP contribution in [0.15, 0.2) is 35.5 Å². The van der Waals surface area contributed by atoms with Gasteiger partial charge < -0.3 is 0 Å². The highest BCUT2D eigenvalue weighted by Crippen LogP contribution is 2.28. The van der Waals surface area contributed by atoms with Gasteiger partial charge in [0.25, 0.3) is 0 Å². The van der Waals surface area contributed by atoms with E-state index < -0.39 is 10.0 Å². The molecule has 0 atom stereocenters. The zero-order chi connectivity index (χ0) is 17.3. The molecule has 0 aliphatic rings. The molecule has 0 spiro atoms. The summed E-state index contributed by atoms with van der Waals surface area (Å²) in [5.74, 6) is 0. The summed E-state index contributed by atoms with van der Waals surface area (Å²) in [6.45, 7) is 9.96. The maximum Gasteiger partial charge on any atom is 0.244 e. The van der Waals surface area contributed by atoms with Gasteiger partial charge in [0.05, 0.1) is 17.9 Å². The Morgan fingerprint density at radius 2 is 1.96 bits per heavy atom. The second-order valence-corrected chi connectivity index (χ2v) is 8.55. The summed E-state index contributed by atoms with van der Waals surface area (Å²) in [6.07, 6.45) is 3.24. The number of sulfonamides is 1. The average molecular weight is 336 g/mol. The highest BCUT2D eigenvalue weighted by Gasteiger charge is 2.30. The molecule has 0 aromatic carbocycles. The molecule has 0 unspecified atom stereocenters. The van der Waals surface area contributed by atoms with Gasteiger partial charge in [-0.3, -0.25) is 9.67 Å². The van der Waals surface area contributed by atoms with Crippen LogP contribution in [0.1, 0.15) is 52.0 Å². The van der Waals surface area contributed by atoms with E-state index in [4.69, 9.17) is 0 Å². The quantitative estimate of drug-likeness (QED) is 0.910. The minimum atomic E-state index is -3.66. The smallest absolute Gasteiger partial charge is 0.244 e. The normalized spacial score (nSPS) is 12.8. The van der Waals surface area contributed by atoms with Gasteiger partial charge in [-0.2, -0.15) is 5.10 Å². The van der Waals surface area contributed by atoms with Crippen LogP contribution in [0, 0.1) is 0 Å². The Balaban J connectivity index is 2.35. The summed E-state index contributed by atoms with van der Waals surface area (Å²) in [4.78, 5) is 4.36. The molecule has 23 heavy (non-hydrogen) atoms. The van der Waals surface area contributed by atoms with Gasteiger partial charge in [-0.25, -0.2) is 13.1 Å². The van der Waals surface area contributed by atoms with Crippen molar-refractivity contribution in [3.63, 3.8) is 0 Å². The first kappa shape index (κ1) is 17.6. The summed E-state index contributed by atoms with van der Waals surface area (Å²) < 4.78 is 29.7. The maximum absolute atomic E-state index is 12.7. The number of rotatable bonds is 5. The Morgan fingerprint density at radius 1 is 1.26 bits per heavy atom. The van der Waals surface area contributed by atoms with Gasteiger partial charge >= 0.3 is 0 Å². The number of pyridine rings is 1. The van der Waals surface area contributed by atoms with E-state index in [9.17, 15) is 8.42 Å². The van der Waals surface area contributed by atoms with Crippen LogP contribution in [-0.2, 0) is 22.0 Å². The van der Waals surface area contributed by atoms with E-state index in [1.165, 1.54) is 0 Å². The second-order valence-electron chi connectivity index (χ2n) is 6.81. The van der Waals surface area contributed by atoms with Crippen LogP contribution < -0.4 is 4.72 Å². The number of nitrogens with one attached hydrogen (secondary N) is 1. The van der Waals surface area contributed by atoms with Crippen LogP contribution in [0.25, 0.3) is 0 Å². The zero-order valence-electron chi connectivity index (χ0n) is 14.2. The summed E-state index contributed by atoms with van der Waals surface area (Å²) in [5, 5.41) is 4.48. The Bertz CT molecular complexity index is 759. The molecule has 2 rings (SSSR count). The summed E-state index contributed by atoms with van der Waals surface area (Å²) >= 11 is 0. The fraction of sp³-hybridized carbons (Fsp3) is 0.500. The monoisotopic (exact) mass is 336 g/mol. The average Bonchev–Trinajstić information content (AvgIpc) is 2.93. The van der Waals surface area contributed by atoms with Crippen molar-refractivity contribution < 1.29 is 8.42 Å². The molecule has 1 N–H and O–H groups in total. The van der Waals surface area contributed by atoms with E-state index in [0.717, 1.165) is 0 Å². The van der Waals surface area contributed by atoms with Gasteiger partial charge in [0.1, 0.15) is 4.90 Å². The zero-order valence-corrected chi connectivity index (χ0v) is 15.1. The van der Waals surface area contributed by atoms with E-state index >= 15 is 0 Å². The van der Waals surface area contributed by atoms with Crippen molar-refractivity contribution in [3.8, 4) is 0 Å². The molecule has 0 saturated carbocycles. The Kier molecular flexibility index (Phi) is 4.91. The molecule has 2 heterocycles. The third-order valence-electron chi connectivity index (χ3n) is 3.40. The van der Waals surface area contributed by atoms with Gasteiger partial charge in [0.2, 0.25) is 10.0 Å². The Hall–Kier alpha value is -1.73. The molecule has 0 aliphatic heterocycles. The summed E-state index contributed by atoms with van der Waals surface area (Å²) in [6, 6.07) is 5.50. The SMILES string of the molecule is CC(C)n1cc(S(=O)(=O)NCc2ccccn2)c(C(C)(C)C)n1. The van der Waals surface area contributed by atoms with Crippen LogP contribution in [0.5, 0.6) is 0 Å². The number of hydrogen-bond acceptors (Lipinski definition) is 4. The van der Waals surface area contributed by atoms with Crippen LogP contribution in [-0.4, -0.2) is 23.2 Å². The van der Waals surface area contributed by atoms with Gasteiger partial charge in [-0.15, -0.1) is 0 Å². The molecule has 0 saturated heterocycles. The first-order chi connectivity index (χ1) is 10.6. The molecular weight excluding hydrogens is 312 g/mol. The molecule has 0 fully saturated rings. The van der Waals surface area contributed by atoms with Gasteiger partial charge in [-0.1, -0.05) is 26.8 Å². The summed E-state index contributed by atoms with van der Waals surface area (Å²) in [7, 11) is -3.66. The standard InChI is InChI=1S/C16H24N4O2S/c1-12(2)20-11-14(15(19-20)16(3,4)5)23(21,22)18-10-13-8-6-7-9-17-13/h6-9,11-12,18H,10H2,1-5H3. The molecule has 2 aromatic heterocycles. The van der Waals surface area contributed by atoms with E-state index in [0.29, 0.717) is 11.4 Å². The minimum Gasteiger partial charge on any atom is -0.269 e. The molecule has 2 aromatic rings. The molecule has 7 heteroatoms. The third-order valence-corrected chi connectivity index (χ3v) is 4.80. The molecule has 6 nitrogen and oxygen atoms in total. The molecule has 0 bridgehead atoms. The predicted octanol–water partition coefficient (Wildman–Crippen LogP) is 2.64. The Labute approximate surface area is 138 Å². The lowest BCUT2D eigenvalue weighted by molar-refractivity contribution is 0.493. The fourth-order valence-corrected chi connectivity index (χ4v) is 3.45. The fourth-order valence-electron chi connectivity index (χ4n) is 2.11. The highest BCUT2D eigenvalue weighted by atomic mass is 32.2. The molecule has 0 radical (unpaired) electrons. The second kappa shape index (κ2) is 6.41. The lowest BCUT2D eigenvalue weighted by atomic mass is 9.92. The van der Waals surface area contributed by atoms with Gasteiger partial charge in [0.15, 0.2) is 0 Å². The Morgan fingerprint density at radius 3 is 2.48 bits per heavy atom. The topological polar surface area (TPSA) is 76.9 Å². The van der Waals surface area contributed by atoms with E-state index in [-0.39, 0.29) is 22.9 Å². The maximum atomic E-state index is 12.7. The lowest BCUT2D eigenvalue weighted by Crippen LogP contribution is -2.26. The lowest BCUT2D eigenvalue weighted by Gasteiger charge is -2.17. The van der Waals surface area contributed by atoms with Gasteiger partial charge in [-0.05, 0) is 26.0 Å². The van der Waals surface area contributed by atoms with Crippen molar-refractivity contribution in [1.29, 1.82) is 0 Å². The largest absolute Gasteiger partial charge is 0.269 e. The van der Waals surface area contributed by atoms with Crippen molar-refractivity contribution in [3.05, 3.63) is 42.0 Å². The summed E-state index contributed by atoms with van der Waals surface area (Å²) in [5.41, 5.74) is 0.874. The molecule has 0 amide bonds. The molecule has 0 aliphatic carbocycles. The van der Waals surface area contributed by atoms with Crippen molar-refractivity contribution in [2.45, 2.75) is 57.5 Å². The van der Waals surface area contributed by atoms with E-state index in [2.05, 4.69) is 14.8 Å². The highest BCUT2D eigenvalue weighted by molar-refractivity contribution is 7.89.